The van der Waals surface area contributed by atoms with Crippen LogP contribution in [0.5, 0.6) is 0 Å². The molecule has 0 aliphatic carbocycles. The summed E-state index contributed by atoms with van der Waals surface area (Å²) < 4.78 is 2.31. The van der Waals surface area contributed by atoms with E-state index in [1.807, 2.05) is 24.9 Å². The Balaban J connectivity index is 1.44. The Morgan fingerprint density at radius 3 is 2.34 bits per heavy atom. The highest BCUT2D eigenvalue weighted by Gasteiger charge is 2.21. The average Bonchev–Trinajstić information content (AvgIpc) is 3.20. The van der Waals surface area contributed by atoms with E-state index in [0.29, 0.717) is 18.4 Å². The Labute approximate surface area is 206 Å². The van der Waals surface area contributed by atoms with Crippen molar-refractivity contribution in [3.8, 4) is 6.07 Å². The smallest absolute Gasteiger partial charge is 0.226 e. The molecule has 0 aliphatic rings. The lowest BCUT2D eigenvalue weighted by atomic mass is 10.0. The van der Waals surface area contributed by atoms with Crippen molar-refractivity contribution in [3.63, 3.8) is 0 Å². The third kappa shape index (κ3) is 4.87. The summed E-state index contributed by atoms with van der Waals surface area (Å²) in [5.41, 5.74) is 4.65. The lowest BCUT2D eigenvalue weighted by molar-refractivity contribution is -0.119. The summed E-state index contributed by atoms with van der Waals surface area (Å²) in [4.78, 5) is 16.3. The molecule has 0 aliphatic heterocycles. The molecule has 0 radical (unpaired) electrons. The fourth-order valence-corrected chi connectivity index (χ4v) is 4.71. The number of fused-ring (bicyclic) bond motifs is 3. The van der Waals surface area contributed by atoms with Crippen LogP contribution < -0.4 is 9.80 Å². The molecular weight excluding hydrogens is 436 g/mol. The summed E-state index contributed by atoms with van der Waals surface area (Å²) in [6.45, 7) is 5.03. The summed E-state index contributed by atoms with van der Waals surface area (Å²) in [7, 11) is 3.63. The summed E-state index contributed by atoms with van der Waals surface area (Å²) >= 11 is 0. The normalized spacial score (nSPS) is 12.9. The van der Waals surface area contributed by atoms with Gasteiger partial charge in [-0.15, -0.1) is 0 Å². The van der Waals surface area contributed by atoms with Crippen LogP contribution in [-0.4, -0.2) is 35.9 Å². The molecule has 1 aromatic heterocycles. The lowest BCUT2D eigenvalue weighted by Crippen LogP contribution is -2.34. The van der Waals surface area contributed by atoms with Crippen molar-refractivity contribution in [2.45, 2.75) is 39.5 Å². The molecule has 0 saturated heterocycles. The van der Waals surface area contributed by atoms with Gasteiger partial charge in [-0.1, -0.05) is 25.1 Å². The van der Waals surface area contributed by atoms with Crippen LogP contribution >= 0.6 is 0 Å². The highest BCUT2D eigenvalue weighted by atomic mass is 16.3. The topological polar surface area (TPSA) is 72.5 Å². The van der Waals surface area contributed by atoms with Crippen molar-refractivity contribution in [3.05, 3.63) is 72.3 Å². The fourth-order valence-electron chi connectivity index (χ4n) is 4.71. The lowest BCUT2D eigenvalue weighted by Gasteiger charge is -2.28. The minimum absolute atomic E-state index is 0.00785. The zero-order chi connectivity index (χ0) is 25.1. The van der Waals surface area contributed by atoms with Crippen LogP contribution in [0.2, 0.25) is 0 Å². The molecule has 35 heavy (non-hydrogen) atoms. The molecule has 1 amide bonds. The van der Waals surface area contributed by atoms with E-state index in [9.17, 15) is 9.90 Å². The number of anilines is 2. The minimum Gasteiger partial charge on any atom is -0.374 e. The van der Waals surface area contributed by atoms with E-state index >= 15 is 0 Å². The van der Waals surface area contributed by atoms with E-state index in [0.717, 1.165) is 17.9 Å². The first-order valence-electron chi connectivity index (χ1n) is 12.0. The Morgan fingerprint density at radius 1 is 1.00 bits per heavy atom. The molecule has 3 aromatic carbocycles. The number of aliphatic hydroxyl groups excluding tert-OH is 1. The molecule has 6 heteroatoms. The van der Waals surface area contributed by atoms with Crippen molar-refractivity contribution in [1.82, 2.24) is 4.57 Å². The van der Waals surface area contributed by atoms with Gasteiger partial charge in [-0.2, -0.15) is 5.26 Å². The molecule has 0 spiro atoms. The van der Waals surface area contributed by atoms with E-state index in [4.69, 9.17) is 5.26 Å². The molecule has 0 bridgehead atoms. The number of para-hydroxylation sites is 1. The number of carbonyl (C=O) groups excluding carboxylic acids is 1. The summed E-state index contributed by atoms with van der Waals surface area (Å²) in [6, 6.07) is 23.8. The van der Waals surface area contributed by atoms with Crippen LogP contribution in [0.25, 0.3) is 21.8 Å². The van der Waals surface area contributed by atoms with Gasteiger partial charge in [-0.05, 0) is 67.8 Å². The maximum atomic E-state index is 12.8. The van der Waals surface area contributed by atoms with Gasteiger partial charge in [-0.25, -0.2) is 0 Å². The largest absolute Gasteiger partial charge is 0.374 e. The van der Waals surface area contributed by atoms with Gasteiger partial charge in [0.25, 0.3) is 0 Å². The van der Waals surface area contributed by atoms with Crippen molar-refractivity contribution in [1.29, 1.82) is 5.26 Å². The first kappa shape index (κ1) is 24.3. The second-order valence-corrected chi connectivity index (χ2v) is 9.21. The fraction of sp³-hybridized carbons (Fsp3) is 0.310. The quantitative estimate of drug-likeness (QED) is 0.346. The van der Waals surface area contributed by atoms with Crippen LogP contribution in [-0.2, 0) is 11.3 Å². The van der Waals surface area contributed by atoms with Gasteiger partial charge in [-0.3, -0.25) is 4.79 Å². The van der Waals surface area contributed by atoms with Crippen molar-refractivity contribution < 1.29 is 9.90 Å². The molecular formula is C29H32N4O2. The zero-order valence-electron chi connectivity index (χ0n) is 20.8. The van der Waals surface area contributed by atoms with E-state index in [2.05, 4.69) is 54.0 Å². The SMILES string of the molecule is CCn1c2ccccc2c2cc(N(C)C(O)CC(C)CC(=O)N(C)c3ccc(C#N)cc3)ccc21. The Morgan fingerprint density at radius 2 is 1.66 bits per heavy atom. The maximum Gasteiger partial charge on any atom is 0.226 e. The van der Waals surface area contributed by atoms with Crippen LogP contribution in [0.15, 0.2) is 66.7 Å². The van der Waals surface area contributed by atoms with Crippen LogP contribution in [0, 0.1) is 17.2 Å². The van der Waals surface area contributed by atoms with E-state index in [-0.39, 0.29) is 11.8 Å². The third-order valence-corrected chi connectivity index (χ3v) is 6.82. The Bertz CT molecular complexity index is 1380. The summed E-state index contributed by atoms with van der Waals surface area (Å²) in [5.74, 6) is -0.0302. The Kier molecular flexibility index (Phi) is 7.09. The van der Waals surface area contributed by atoms with Crippen molar-refractivity contribution in [2.75, 3.05) is 23.9 Å². The highest BCUT2D eigenvalue weighted by Crippen LogP contribution is 2.32. The number of aliphatic hydroxyl groups is 1. The van der Waals surface area contributed by atoms with Crippen molar-refractivity contribution in [2.24, 2.45) is 5.92 Å². The van der Waals surface area contributed by atoms with Gasteiger partial charge < -0.3 is 19.5 Å². The number of rotatable bonds is 8. The molecule has 1 N–H and O–H groups in total. The number of aromatic nitrogens is 1. The van der Waals surface area contributed by atoms with E-state index < -0.39 is 6.23 Å². The van der Waals surface area contributed by atoms with Crippen LogP contribution in [0.1, 0.15) is 32.3 Å². The van der Waals surface area contributed by atoms with Gasteiger partial charge in [0.2, 0.25) is 5.91 Å². The molecule has 1 heterocycles. The molecule has 4 rings (SSSR count). The number of aryl methyl sites for hydroxylation is 1. The number of amides is 1. The Hall–Kier alpha value is -3.82. The monoisotopic (exact) mass is 468 g/mol. The maximum absolute atomic E-state index is 12.8. The first-order valence-corrected chi connectivity index (χ1v) is 12.0. The summed E-state index contributed by atoms with van der Waals surface area (Å²) in [6.07, 6.45) is 0.0813. The predicted molar refractivity (Wildman–Crippen MR) is 142 cm³/mol. The second kappa shape index (κ2) is 10.2. The van der Waals surface area contributed by atoms with Crippen LogP contribution in [0.3, 0.4) is 0 Å². The molecule has 6 nitrogen and oxygen atoms in total. The minimum atomic E-state index is -0.713. The van der Waals surface area contributed by atoms with Crippen LogP contribution in [0.4, 0.5) is 11.4 Å². The predicted octanol–water partition coefficient (Wildman–Crippen LogP) is 5.52. The molecule has 4 aromatic rings. The highest BCUT2D eigenvalue weighted by molar-refractivity contribution is 6.09. The zero-order valence-corrected chi connectivity index (χ0v) is 20.8. The molecule has 0 saturated carbocycles. The van der Waals surface area contributed by atoms with E-state index in [1.54, 1.807) is 36.2 Å². The molecule has 2 atom stereocenters. The number of hydrogen-bond acceptors (Lipinski definition) is 4. The number of hydrogen-bond donors (Lipinski definition) is 1. The standard InChI is InChI=1S/C29H32N4O2/c1-5-33-26-9-7-6-8-24(26)25-18-23(14-15-27(25)33)32(4)29(35)17-20(2)16-28(34)31(3)22-12-10-21(19-30)11-13-22/h6-15,18,20,29,35H,5,16-17H2,1-4H3. The number of nitrogens with zero attached hydrogens (tertiary/aromatic N) is 4. The number of benzene rings is 3. The third-order valence-electron chi connectivity index (χ3n) is 6.82. The number of nitriles is 1. The van der Waals surface area contributed by atoms with Gasteiger partial charge in [0.05, 0.1) is 11.6 Å². The molecule has 180 valence electrons. The van der Waals surface area contributed by atoms with Gasteiger partial charge in [0, 0.05) is 60.2 Å². The molecule has 0 fully saturated rings. The number of carbonyl (C=O) groups is 1. The second-order valence-electron chi connectivity index (χ2n) is 9.21. The van der Waals surface area contributed by atoms with Gasteiger partial charge in [0.15, 0.2) is 0 Å². The summed E-state index contributed by atoms with van der Waals surface area (Å²) in [5, 5.41) is 22.3. The van der Waals surface area contributed by atoms with Gasteiger partial charge in [0.1, 0.15) is 6.23 Å². The van der Waals surface area contributed by atoms with Crippen molar-refractivity contribution >= 4 is 39.1 Å². The van der Waals surface area contributed by atoms with Gasteiger partial charge >= 0.3 is 0 Å². The first-order chi connectivity index (χ1) is 16.8. The van der Waals surface area contributed by atoms with E-state index in [1.165, 1.54) is 21.8 Å². The average molecular weight is 469 g/mol. The molecule has 2 unspecified atom stereocenters.